The monoisotopic (exact) mass is 394 g/mol. The van der Waals surface area contributed by atoms with Gasteiger partial charge in [-0.2, -0.15) is 0 Å². The summed E-state index contributed by atoms with van der Waals surface area (Å²) in [6.45, 7) is 4.14. The van der Waals surface area contributed by atoms with Gasteiger partial charge in [0.1, 0.15) is 11.9 Å². The molecule has 2 aliphatic rings. The first-order chi connectivity index (χ1) is 13.1. The predicted octanol–water partition coefficient (Wildman–Crippen LogP) is 1.75. The summed E-state index contributed by atoms with van der Waals surface area (Å²) in [5.41, 5.74) is 1.01. The topological polar surface area (TPSA) is 66.4 Å². The number of nitrogens with zero attached hydrogens (tertiary/aromatic N) is 3. The van der Waals surface area contributed by atoms with Crippen molar-refractivity contribution in [2.45, 2.75) is 25.5 Å². The quantitative estimate of drug-likeness (QED) is 0.622. The lowest BCUT2D eigenvalue weighted by molar-refractivity contribution is -0.142. The Kier molecular flexibility index (Phi) is 6.79. The minimum atomic E-state index is -0.244. The van der Waals surface area contributed by atoms with Crippen LogP contribution in [0.2, 0.25) is 5.02 Å². The lowest BCUT2D eigenvalue weighted by Crippen LogP contribution is -2.55. The number of hydrogen-bond acceptors (Lipinski definition) is 4. The van der Waals surface area contributed by atoms with Crippen LogP contribution in [0.3, 0.4) is 0 Å². The molecule has 148 valence electrons. The number of ether oxygens (including phenoxy) is 2. The maximum absolute atomic E-state index is 12.5. The number of nitrogens with one attached hydrogen (secondary N) is 1. The highest BCUT2D eigenvalue weighted by molar-refractivity contribution is 6.30. The van der Waals surface area contributed by atoms with E-state index < -0.39 is 0 Å². The maximum atomic E-state index is 12.5. The molecule has 0 saturated carbocycles. The Balaban J connectivity index is 1.52. The van der Waals surface area contributed by atoms with Crippen molar-refractivity contribution in [2.24, 2.45) is 4.99 Å². The number of rotatable bonds is 4. The van der Waals surface area contributed by atoms with Crippen LogP contribution in [0.4, 0.5) is 0 Å². The minimum Gasteiger partial charge on any atom is -0.496 e. The Hall–Kier alpha value is -1.99. The van der Waals surface area contributed by atoms with Gasteiger partial charge in [-0.1, -0.05) is 17.7 Å². The number of benzene rings is 1. The van der Waals surface area contributed by atoms with E-state index in [1.54, 1.807) is 20.2 Å². The van der Waals surface area contributed by atoms with E-state index in [-0.39, 0.29) is 12.0 Å². The molecule has 2 aliphatic heterocycles. The van der Waals surface area contributed by atoms with E-state index in [0.29, 0.717) is 31.3 Å². The van der Waals surface area contributed by atoms with Crippen LogP contribution in [0.15, 0.2) is 23.2 Å². The number of halogens is 1. The molecular formula is C19H27ClN4O3. The third-order valence-electron chi connectivity index (χ3n) is 4.99. The van der Waals surface area contributed by atoms with Crippen molar-refractivity contribution in [3.8, 4) is 5.75 Å². The van der Waals surface area contributed by atoms with Gasteiger partial charge < -0.3 is 24.6 Å². The zero-order valence-corrected chi connectivity index (χ0v) is 16.7. The normalized spacial score (nSPS) is 20.7. The molecule has 2 fully saturated rings. The summed E-state index contributed by atoms with van der Waals surface area (Å²) in [6.07, 6.45) is 1.57. The van der Waals surface area contributed by atoms with E-state index in [1.165, 1.54) is 0 Å². The number of aliphatic imine (C=N–C) groups is 1. The molecule has 3 rings (SSSR count). The minimum absolute atomic E-state index is 0.126. The van der Waals surface area contributed by atoms with Crippen LogP contribution in [-0.2, 0) is 16.1 Å². The lowest BCUT2D eigenvalue weighted by atomic mass is 10.2. The Bertz CT molecular complexity index is 684. The molecule has 1 unspecified atom stereocenters. The zero-order valence-electron chi connectivity index (χ0n) is 15.9. The van der Waals surface area contributed by atoms with Gasteiger partial charge in [-0.05, 0) is 25.0 Å². The number of piperazine rings is 1. The standard InChI is InChI=1S/C19H27ClN4O3/c1-21-19(22-13-14-5-6-15(20)12-17(14)26-2)24-9-7-23(8-10-24)18(25)16-4-3-11-27-16/h5-6,12,16H,3-4,7-11,13H2,1-2H3,(H,21,22). The molecule has 0 aliphatic carbocycles. The first-order valence-corrected chi connectivity index (χ1v) is 9.68. The fraction of sp³-hybridized carbons (Fsp3) is 0.579. The number of carbonyl (C=O) groups is 1. The van der Waals surface area contributed by atoms with Gasteiger partial charge in [-0.3, -0.25) is 9.79 Å². The number of amides is 1. The summed E-state index contributed by atoms with van der Waals surface area (Å²) < 4.78 is 10.9. The van der Waals surface area contributed by atoms with E-state index in [4.69, 9.17) is 21.1 Å². The molecule has 1 atom stereocenters. The SMILES string of the molecule is CN=C(NCc1ccc(Cl)cc1OC)N1CCN(C(=O)C2CCCO2)CC1. The first-order valence-electron chi connectivity index (χ1n) is 9.30. The Labute approximate surface area is 165 Å². The summed E-state index contributed by atoms with van der Waals surface area (Å²) in [4.78, 5) is 20.9. The van der Waals surface area contributed by atoms with Crippen LogP contribution < -0.4 is 10.1 Å². The van der Waals surface area contributed by atoms with Gasteiger partial charge in [-0.25, -0.2) is 0 Å². The molecule has 2 heterocycles. The average Bonchev–Trinajstić information content (AvgIpc) is 3.24. The number of hydrogen-bond donors (Lipinski definition) is 1. The molecule has 1 amide bonds. The Morgan fingerprint density at radius 3 is 2.70 bits per heavy atom. The number of carbonyl (C=O) groups excluding carboxylic acids is 1. The van der Waals surface area contributed by atoms with Gasteiger partial charge in [0.25, 0.3) is 5.91 Å². The third-order valence-corrected chi connectivity index (χ3v) is 5.23. The highest BCUT2D eigenvalue weighted by Crippen LogP contribution is 2.23. The van der Waals surface area contributed by atoms with Crippen molar-refractivity contribution in [3.63, 3.8) is 0 Å². The van der Waals surface area contributed by atoms with Crippen LogP contribution in [0.1, 0.15) is 18.4 Å². The van der Waals surface area contributed by atoms with Gasteiger partial charge in [0.15, 0.2) is 5.96 Å². The van der Waals surface area contributed by atoms with Gasteiger partial charge >= 0.3 is 0 Å². The Morgan fingerprint density at radius 1 is 1.33 bits per heavy atom. The second kappa shape index (κ2) is 9.28. The van der Waals surface area contributed by atoms with Gasteiger partial charge in [0.2, 0.25) is 0 Å². The summed E-state index contributed by atoms with van der Waals surface area (Å²) >= 11 is 6.02. The van der Waals surface area contributed by atoms with Crippen molar-refractivity contribution in [1.82, 2.24) is 15.1 Å². The predicted molar refractivity (Wildman–Crippen MR) is 105 cm³/mol. The van der Waals surface area contributed by atoms with E-state index in [1.807, 2.05) is 17.0 Å². The fourth-order valence-electron chi connectivity index (χ4n) is 3.49. The van der Waals surface area contributed by atoms with Crippen LogP contribution in [0, 0.1) is 0 Å². The van der Waals surface area contributed by atoms with Crippen molar-refractivity contribution < 1.29 is 14.3 Å². The summed E-state index contributed by atoms with van der Waals surface area (Å²) in [6, 6.07) is 5.59. The first kappa shape index (κ1) is 19.8. The summed E-state index contributed by atoms with van der Waals surface area (Å²) in [5, 5.41) is 4.02. The van der Waals surface area contributed by atoms with E-state index >= 15 is 0 Å². The smallest absolute Gasteiger partial charge is 0.251 e. The largest absolute Gasteiger partial charge is 0.496 e. The molecular weight excluding hydrogens is 368 g/mol. The van der Waals surface area contributed by atoms with E-state index in [9.17, 15) is 4.79 Å². The highest BCUT2D eigenvalue weighted by Gasteiger charge is 2.30. The summed E-state index contributed by atoms with van der Waals surface area (Å²) in [7, 11) is 3.40. The van der Waals surface area contributed by atoms with E-state index in [2.05, 4.69) is 15.2 Å². The third kappa shape index (κ3) is 4.84. The molecule has 0 aromatic heterocycles. The average molecular weight is 395 g/mol. The molecule has 27 heavy (non-hydrogen) atoms. The van der Waals surface area contributed by atoms with Crippen LogP contribution in [-0.4, -0.2) is 74.7 Å². The van der Waals surface area contributed by atoms with Crippen LogP contribution in [0.5, 0.6) is 5.75 Å². The number of methoxy groups -OCH3 is 1. The van der Waals surface area contributed by atoms with Gasteiger partial charge in [-0.15, -0.1) is 0 Å². The van der Waals surface area contributed by atoms with Crippen molar-refractivity contribution in [3.05, 3.63) is 28.8 Å². The van der Waals surface area contributed by atoms with E-state index in [0.717, 1.165) is 43.2 Å². The molecule has 0 spiro atoms. The maximum Gasteiger partial charge on any atom is 0.251 e. The molecule has 2 saturated heterocycles. The fourth-order valence-corrected chi connectivity index (χ4v) is 3.65. The molecule has 7 nitrogen and oxygen atoms in total. The molecule has 1 N–H and O–H groups in total. The second-order valence-corrected chi connectivity index (χ2v) is 7.11. The molecule has 0 radical (unpaired) electrons. The van der Waals surface area contributed by atoms with Crippen molar-refractivity contribution in [1.29, 1.82) is 0 Å². The zero-order chi connectivity index (χ0) is 19.2. The van der Waals surface area contributed by atoms with Crippen molar-refractivity contribution >= 4 is 23.5 Å². The van der Waals surface area contributed by atoms with Crippen LogP contribution in [0.25, 0.3) is 0 Å². The molecule has 0 bridgehead atoms. The lowest BCUT2D eigenvalue weighted by Gasteiger charge is -2.37. The van der Waals surface area contributed by atoms with Crippen LogP contribution >= 0.6 is 11.6 Å². The molecule has 8 heteroatoms. The molecule has 1 aromatic rings. The molecule has 1 aromatic carbocycles. The Morgan fingerprint density at radius 2 is 2.07 bits per heavy atom. The van der Waals surface area contributed by atoms with Crippen molar-refractivity contribution in [2.75, 3.05) is 46.9 Å². The summed E-state index contributed by atoms with van der Waals surface area (Å²) in [5.74, 6) is 1.69. The highest BCUT2D eigenvalue weighted by atomic mass is 35.5. The number of guanidine groups is 1. The second-order valence-electron chi connectivity index (χ2n) is 6.67. The van der Waals surface area contributed by atoms with Gasteiger partial charge in [0, 0.05) is 57.0 Å². The van der Waals surface area contributed by atoms with Gasteiger partial charge in [0.05, 0.1) is 7.11 Å².